The van der Waals surface area contributed by atoms with Gasteiger partial charge in [0.15, 0.2) is 5.16 Å². The van der Waals surface area contributed by atoms with Crippen molar-refractivity contribution in [3.05, 3.63) is 11.4 Å². The molecule has 0 aromatic carbocycles. The van der Waals surface area contributed by atoms with Gasteiger partial charge in [0, 0.05) is 24.3 Å². The molecule has 0 unspecified atom stereocenters. The molecule has 1 aromatic rings. The SMILES string of the molecule is CCCCn1c(SCC(=O)N(C(C)C)C(C)C)nc(C)c1C. The van der Waals surface area contributed by atoms with Crippen LogP contribution in [0, 0.1) is 13.8 Å². The first kappa shape index (κ1) is 19.1. The Labute approximate surface area is 139 Å². The third-order valence-electron chi connectivity index (χ3n) is 3.88. The quantitative estimate of drug-likeness (QED) is 0.677. The Kier molecular flexibility index (Phi) is 7.46. The zero-order chi connectivity index (χ0) is 16.9. The molecule has 0 atom stereocenters. The van der Waals surface area contributed by atoms with E-state index in [1.165, 1.54) is 5.69 Å². The van der Waals surface area contributed by atoms with Gasteiger partial charge in [0.05, 0.1) is 11.4 Å². The van der Waals surface area contributed by atoms with Crippen molar-refractivity contribution in [1.82, 2.24) is 14.5 Å². The second-order valence-electron chi connectivity index (χ2n) is 6.35. The molecule has 0 bridgehead atoms. The maximum atomic E-state index is 12.5. The second kappa shape index (κ2) is 8.61. The van der Waals surface area contributed by atoms with E-state index in [0.29, 0.717) is 5.75 Å². The molecule has 1 amide bonds. The molecule has 1 heterocycles. The molecule has 0 radical (unpaired) electrons. The maximum absolute atomic E-state index is 12.5. The van der Waals surface area contributed by atoms with Crippen molar-refractivity contribution < 1.29 is 4.79 Å². The highest BCUT2D eigenvalue weighted by atomic mass is 32.2. The number of carbonyl (C=O) groups is 1. The van der Waals surface area contributed by atoms with Gasteiger partial charge in [-0.1, -0.05) is 25.1 Å². The smallest absolute Gasteiger partial charge is 0.233 e. The zero-order valence-electron chi connectivity index (χ0n) is 15.1. The monoisotopic (exact) mass is 325 g/mol. The molecule has 0 N–H and O–H groups in total. The van der Waals surface area contributed by atoms with Crippen LogP contribution in [-0.4, -0.2) is 38.2 Å². The fourth-order valence-corrected chi connectivity index (χ4v) is 3.67. The summed E-state index contributed by atoms with van der Waals surface area (Å²) in [4.78, 5) is 19.1. The van der Waals surface area contributed by atoms with Gasteiger partial charge in [-0.3, -0.25) is 4.79 Å². The fourth-order valence-electron chi connectivity index (χ4n) is 2.69. The van der Waals surface area contributed by atoms with E-state index in [0.717, 1.165) is 30.2 Å². The van der Waals surface area contributed by atoms with Gasteiger partial charge in [-0.15, -0.1) is 0 Å². The zero-order valence-corrected chi connectivity index (χ0v) is 16.0. The van der Waals surface area contributed by atoms with Crippen molar-refractivity contribution in [2.45, 2.75) is 85.1 Å². The molecule has 126 valence electrons. The molecule has 0 spiro atoms. The summed E-state index contributed by atoms with van der Waals surface area (Å²) in [7, 11) is 0. The molecule has 22 heavy (non-hydrogen) atoms. The lowest BCUT2D eigenvalue weighted by atomic mass is 10.2. The number of hydrogen-bond acceptors (Lipinski definition) is 3. The summed E-state index contributed by atoms with van der Waals surface area (Å²) < 4.78 is 2.26. The largest absolute Gasteiger partial charge is 0.337 e. The van der Waals surface area contributed by atoms with Crippen molar-refractivity contribution in [2.75, 3.05) is 5.75 Å². The molecule has 0 saturated carbocycles. The van der Waals surface area contributed by atoms with E-state index in [2.05, 4.69) is 51.1 Å². The van der Waals surface area contributed by atoms with Crippen LogP contribution in [0.4, 0.5) is 0 Å². The topological polar surface area (TPSA) is 38.1 Å². The number of nitrogens with zero attached hydrogens (tertiary/aromatic N) is 3. The molecule has 0 aliphatic heterocycles. The average Bonchev–Trinajstić information content (AvgIpc) is 2.69. The summed E-state index contributed by atoms with van der Waals surface area (Å²) in [5, 5.41) is 0.976. The van der Waals surface area contributed by atoms with Crippen LogP contribution >= 0.6 is 11.8 Å². The second-order valence-corrected chi connectivity index (χ2v) is 7.29. The number of carbonyl (C=O) groups excluding carboxylic acids is 1. The van der Waals surface area contributed by atoms with Crippen LogP contribution in [-0.2, 0) is 11.3 Å². The van der Waals surface area contributed by atoms with Crippen LogP contribution in [0.2, 0.25) is 0 Å². The van der Waals surface area contributed by atoms with Crippen molar-refractivity contribution in [2.24, 2.45) is 0 Å². The van der Waals surface area contributed by atoms with Crippen LogP contribution in [0.5, 0.6) is 0 Å². The summed E-state index contributed by atoms with van der Waals surface area (Å²) >= 11 is 1.56. The number of thioether (sulfide) groups is 1. The standard InChI is InChI=1S/C17H31N3OS/c1-8-9-10-19-15(7)14(6)18-17(19)22-11-16(21)20(12(2)3)13(4)5/h12-13H,8-11H2,1-7H3. The van der Waals surface area contributed by atoms with Gasteiger partial charge >= 0.3 is 0 Å². The predicted octanol–water partition coefficient (Wildman–Crippen LogP) is 4.04. The molecule has 0 aliphatic carbocycles. The lowest BCUT2D eigenvalue weighted by Crippen LogP contribution is -2.43. The molecule has 0 saturated heterocycles. The summed E-state index contributed by atoms with van der Waals surface area (Å²) in [6.45, 7) is 15.6. The number of hydrogen-bond donors (Lipinski definition) is 0. The van der Waals surface area contributed by atoms with Gasteiger partial charge < -0.3 is 9.47 Å². The molecular weight excluding hydrogens is 294 g/mol. The summed E-state index contributed by atoms with van der Waals surface area (Å²) in [5.74, 6) is 0.647. The number of amides is 1. The van der Waals surface area contributed by atoms with Crippen LogP contribution in [0.3, 0.4) is 0 Å². The molecule has 0 fully saturated rings. The summed E-state index contributed by atoms with van der Waals surface area (Å²) in [6.07, 6.45) is 2.30. The van der Waals surface area contributed by atoms with Crippen LogP contribution in [0.1, 0.15) is 58.8 Å². The van der Waals surface area contributed by atoms with E-state index in [1.807, 2.05) is 11.8 Å². The van der Waals surface area contributed by atoms with E-state index < -0.39 is 0 Å². The highest BCUT2D eigenvalue weighted by Gasteiger charge is 2.21. The van der Waals surface area contributed by atoms with Gasteiger partial charge in [0.25, 0.3) is 0 Å². The number of unbranched alkanes of at least 4 members (excludes halogenated alkanes) is 1. The minimum atomic E-state index is 0.190. The van der Waals surface area contributed by atoms with E-state index in [-0.39, 0.29) is 18.0 Å². The van der Waals surface area contributed by atoms with Crippen molar-refractivity contribution >= 4 is 17.7 Å². The number of aromatic nitrogens is 2. The van der Waals surface area contributed by atoms with Crippen LogP contribution in [0.25, 0.3) is 0 Å². The Hall–Kier alpha value is -0.970. The van der Waals surface area contributed by atoms with Gasteiger partial charge in [0.1, 0.15) is 0 Å². The molecule has 1 aromatic heterocycles. The predicted molar refractivity (Wildman–Crippen MR) is 94.5 cm³/mol. The van der Waals surface area contributed by atoms with E-state index in [4.69, 9.17) is 0 Å². The molecule has 1 rings (SSSR count). The number of rotatable bonds is 8. The fraction of sp³-hybridized carbons (Fsp3) is 0.765. The van der Waals surface area contributed by atoms with Crippen molar-refractivity contribution in [3.63, 3.8) is 0 Å². The first-order chi connectivity index (χ1) is 10.3. The first-order valence-electron chi connectivity index (χ1n) is 8.27. The van der Waals surface area contributed by atoms with E-state index in [1.54, 1.807) is 11.8 Å². The highest BCUT2D eigenvalue weighted by Crippen LogP contribution is 2.23. The minimum absolute atomic E-state index is 0.190. The summed E-state index contributed by atoms with van der Waals surface area (Å²) in [5.41, 5.74) is 2.28. The average molecular weight is 326 g/mol. The molecule has 0 aliphatic rings. The van der Waals surface area contributed by atoms with Gasteiger partial charge in [-0.25, -0.2) is 4.98 Å². The Morgan fingerprint density at radius 3 is 2.32 bits per heavy atom. The third-order valence-corrected chi connectivity index (χ3v) is 4.84. The van der Waals surface area contributed by atoms with E-state index >= 15 is 0 Å². The molecular formula is C17H31N3OS. The van der Waals surface area contributed by atoms with Gasteiger partial charge in [0.2, 0.25) is 5.91 Å². The number of aryl methyl sites for hydroxylation is 1. The first-order valence-corrected chi connectivity index (χ1v) is 9.25. The van der Waals surface area contributed by atoms with Crippen molar-refractivity contribution in [1.29, 1.82) is 0 Å². The van der Waals surface area contributed by atoms with Crippen LogP contribution < -0.4 is 0 Å². The lowest BCUT2D eigenvalue weighted by Gasteiger charge is -2.30. The van der Waals surface area contributed by atoms with Gasteiger partial charge in [-0.05, 0) is 48.0 Å². The maximum Gasteiger partial charge on any atom is 0.233 e. The third kappa shape index (κ3) is 4.77. The van der Waals surface area contributed by atoms with Gasteiger partial charge in [-0.2, -0.15) is 0 Å². The Balaban J connectivity index is 2.79. The molecule has 5 heteroatoms. The Bertz CT molecular complexity index is 486. The Morgan fingerprint density at radius 1 is 1.23 bits per heavy atom. The van der Waals surface area contributed by atoms with Crippen molar-refractivity contribution in [3.8, 4) is 0 Å². The molecule has 4 nitrogen and oxygen atoms in total. The summed E-state index contributed by atoms with van der Waals surface area (Å²) in [6, 6.07) is 0.466. The minimum Gasteiger partial charge on any atom is -0.337 e. The lowest BCUT2D eigenvalue weighted by molar-refractivity contribution is -0.131. The normalized spacial score (nSPS) is 11.5. The highest BCUT2D eigenvalue weighted by molar-refractivity contribution is 7.99. The van der Waals surface area contributed by atoms with E-state index in [9.17, 15) is 4.79 Å². The Morgan fingerprint density at radius 2 is 1.82 bits per heavy atom. The van der Waals surface area contributed by atoms with Crippen LogP contribution in [0.15, 0.2) is 5.16 Å². The number of imidazole rings is 1.